The third-order valence-corrected chi connectivity index (χ3v) is 2.41. The second-order valence-corrected chi connectivity index (χ2v) is 4.01. The summed E-state index contributed by atoms with van der Waals surface area (Å²) in [6.45, 7) is 3.07. The highest BCUT2D eigenvalue weighted by atomic mass is 16.5. The summed E-state index contributed by atoms with van der Waals surface area (Å²) in [5.41, 5.74) is 7.52. The highest BCUT2D eigenvalue weighted by Crippen LogP contribution is 2.20. The minimum absolute atomic E-state index is 0.511. The summed E-state index contributed by atoms with van der Waals surface area (Å²) in [5, 5.41) is 3.24. The monoisotopic (exact) mass is 243 g/mol. The fraction of sp³-hybridized carbons (Fsp3) is 0.214. The molecule has 0 saturated carbocycles. The number of ether oxygens (including phenoxy) is 1. The van der Waals surface area contributed by atoms with Crippen LogP contribution in [0.4, 0.5) is 11.5 Å². The van der Waals surface area contributed by atoms with Gasteiger partial charge in [-0.05, 0) is 36.8 Å². The SMILES string of the molecule is Cc1ccnc(Nc2cccc(OCCN)c2)c1. The Balaban J connectivity index is 2.09. The summed E-state index contributed by atoms with van der Waals surface area (Å²) in [5.74, 6) is 1.63. The minimum Gasteiger partial charge on any atom is -0.492 e. The van der Waals surface area contributed by atoms with E-state index in [0.717, 1.165) is 17.3 Å². The van der Waals surface area contributed by atoms with Crippen molar-refractivity contribution in [3.05, 3.63) is 48.2 Å². The summed E-state index contributed by atoms with van der Waals surface area (Å²) in [4.78, 5) is 4.25. The van der Waals surface area contributed by atoms with E-state index in [0.29, 0.717) is 13.2 Å². The average molecular weight is 243 g/mol. The minimum atomic E-state index is 0.511. The van der Waals surface area contributed by atoms with Gasteiger partial charge in [0, 0.05) is 24.5 Å². The molecular weight excluding hydrogens is 226 g/mol. The number of nitrogens with zero attached hydrogens (tertiary/aromatic N) is 1. The molecule has 4 nitrogen and oxygen atoms in total. The highest BCUT2D eigenvalue weighted by Gasteiger charge is 1.98. The molecule has 2 aromatic rings. The Labute approximate surface area is 107 Å². The first-order valence-electron chi connectivity index (χ1n) is 5.90. The molecule has 0 bridgehead atoms. The molecule has 0 amide bonds. The third-order valence-electron chi connectivity index (χ3n) is 2.41. The van der Waals surface area contributed by atoms with Gasteiger partial charge in [0.1, 0.15) is 18.2 Å². The van der Waals surface area contributed by atoms with E-state index in [9.17, 15) is 0 Å². The summed E-state index contributed by atoms with van der Waals surface area (Å²) in [6.07, 6.45) is 1.78. The van der Waals surface area contributed by atoms with Crippen molar-refractivity contribution in [2.75, 3.05) is 18.5 Å². The van der Waals surface area contributed by atoms with Crippen LogP contribution in [0.5, 0.6) is 5.75 Å². The summed E-state index contributed by atoms with van der Waals surface area (Å²) < 4.78 is 5.47. The van der Waals surface area contributed by atoms with Crippen LogP contribution < -0.4 is 15.8 Å². The van der Waals surface area contributed by atoms with E-state index in [1.807, 2.05) is 43.3 Å². The standard InChI is InChI=1S/C14H17N3O/c1-11-5-7-16-14(9-11)17-12-3-2-4-13(10-12)18-8-6-15/h2-5,7,9-10H,6,8,15H2,1H3,(H,16,17). The van der Waals surface area contributed by atoms with Gasteiger partial charge in [0.15, 0.2) is 0 Å². The molecule has 0 aliphatic heterocycles. The Morgan fingerprint density at radius 3 is 2.94 bits per heavy atom. The van der Waals surface area contributed by atoms with E-state index in [2.05, 4.69) is 10.3 Å². The van der Waals surface area contributed by atoms with Crippen LogP contribution in [0.2, 0.25) is 0 Å². The van der Waals surface area contributed by atoms with Gasteiger partial charge in [0.05, 0.1) is 0 Å². The van der Waals surface area contributed by atoms with Gasteiger partial charge in [0.25, 0.3) is 0 Å². The van der Waals surface area contributed by atoms with Crippen LogP contribution >= 0.6 is 0 Å². The third kappa shape index (κ3) is 3.46. The molecule has 1 aromatic carbocycles. The van der Waals surface area contributed by atoms with E-state index in [-0.39, 0.29) is 0 Å². The van der Waals surface area contributed by atoms with Crippen LogP contribution in [0, 0.1) is 6.92 Å². The van der Waals surface area contributed by atoms with Gasteiger partial charge >= 0.3 is 0 Å². The molecule has 0 aliphatic carbocycles. The summed E-state index contributed by atoms with van der Waals surface area (Å²) >= 11 is 0. The van der Waals surface area contributed by atoms with E-state index in [4.69, 9.17) is 10.5 Å². The van der Waals surface area contributed by atoms with Crippen molar-refractivity contribution in [1.82, 2.24) is 4.98 Å². The van der Waals surface area contributed by atoms with Gasteiger partial charge in [-0.1, -0.05) is 6.07 Å². The molecule has 0 atom stereocenters. The maximum atomic E-state index is 5.47. The molecule has 1 aromatic heterocycles. The van der Waals surface area contributed by atoms with E-state index in [1.165, 1.54) is 5.56 Å². The lowest BCUT2D eigenvalue weighted by molar-refractivity contribution is 0.328. The lowest BCUT2D eigenvalue weighted by Gasteiger charge is -2.09. The lowest BCUT2D eigenvalue weighted by atomic mass is 10.2. The largest absolute Gasteiger partial charge is 0.492 e. The molecule has 0 spiro atoms. The highest BCUT2D eigenvalue weighted by molar-refractivity contribution is 5.58. The number of rotatable bonds is 5. The lowest BCUT2D eigenvalue weighted by Crippen LogP contribution is -2.10. The molecule has 0 unspecified atom stereocenters. The van der Waals surface area contributed by atoms with Crippen molar-refractivity contribution >= 4 is 11.5 Å². The van der Waals surface area contributed by atoms with Crippen LogP contribution in [0.15, 0.2) is 42.6 Å². The van der Waals surface area contributed by atoms with E-state index < -0.39 is 0 Å². The second kappa shape index (κ2) is 6.02. The van der Waals surface area contributed by atoms with E-state index in [1.54, 1.807) is 6.20 Å². The molecular formula is C14H17N3O. The topological polar surface area (TPSA) is 60.2 Å². The molecule has 0 saturated heterocycles. The molecule has 0 fully saturated rings. The number of nitrogens with one attached hydrogen (secondary N) is 1. The van der Waals surface area contributed by atoms with Crippen molar-refractivity contribution in [3.63, 3.8) is 0 Å². The van der Waals surface area contributed by atoms with Crippen LogP contribution in [-0.4, -0.2) is 18.1 Å². The van der Waals surface area contributed by atoms with Gasteiger partial charge in [-0.25, -0.2) is 4.98 Å². The Morgan fingerprint density at radius 1 is 1.28 bits per heavy atom. The molecule has 94 valence electrons. The van der Waals surface area contributed by atoms with Gasteiger partial charge in [0.2, 0.25) is 0 Å². The van der Waals surface area contributed by atoms with Crippen LogP contribution in [0.3, 0.4) is 0 Å². The Bertz CT molecular complexity index is 514. The van der Waals surface area contributed by atoms with Gasteiger partial charge in [-0.3, -0.25) is 0 Å². The second-order valence-electron chi connectivity index (χ2n) is 4.01. The first-order chi connectivity index (χ1) is 8.78. The number of nitrogens with two attached hydrogens (primary N) is 1. The first kappa shape index (κ1) is 12.4. The zero-order valence-electron chi connectivity index (χ0n) is 10.4. The number of pyridine rings is 1. The normalized spacial score (nSPS) is 10.1. The number of anilines is 2. The van der Waals surface area contributed by atoms with Gasteiger partial charge in [-0.2, -0.15) is 0 Å². The van der Waals surface area contributed by atoms with Gasteiger partial charge in [-0.15, -0.1) is 0 Å². The van der Waals surface area contributed by atoms with Crippen molar-refractivity contribution < 1.29 is 4.74 Å². The molecule has 18 heavy (non-hydrogen) atoms. The van der Waals surface area contributed by atoms with Crippen LogP contribution in [-0.2, 0) is 0 Å². The predicted molar refractivity (Wildman–Crippen MR) is 73.2 cm³/mol. The molecule has 4 heteroatoms. The van der Waals surface area contributed by atoms with Crippen molar-refractivity contribution in [2.24, 2.45) is 5.73 Å². The van der Waals surface area contributed by atoms with Crippen molar-refractivity contribution in [3.8, 4) is 5.75 Å². The molecule has 0 aliphatic rings. The number of benzene rings is 1. The fourth-order valence-electron chi connectivity index (χ4n) is 1.59. The van der Waals surface area contributed by atoms with E-state index >= 15 is 0 Å². The van der Waals surface area contributed by atoms with Crippen molar-refractivity contribution in [1.29, 1.82) is 0 Å². The quantitative estimate of drug-likeness (QED) is 0.847. The maximum absolute atomic E-state index is 5.47. The maximum Gasteiger partial charge on any atom is 0.130 e. The van der Waals surface area contributed by atoms with Crippen molar-refractivity contribution in [2.45, 2.75) is 6.92 Å². The fourth-order valence-corrected chi connectivity index (χ4v) is 1.59. The van der Waals surface area contributed by atoms with Gasteiger partial charge < -0.3 is 15.8 Å². The summed E-state index contributed by atoms with van der Waals surface area (Å²) in [6, 6.07) is 11.7. The number of aromatic nitrogens is 1. The average Bonchev–Trinajstić information content (AvgIpc) is 2.37. The molecule has 3 N–H and O–H groups in total. The molecule has 0 radical (unpaired) electrons. The molecule has 2 rings (SSSR count). The zero-order chi connectivity index (χ0) is 12.8. The predicted octanol–water partition coefficient (Wildman–Crippen LogP) is 2.47. The Morgan fingerprint density at radius 2 is 2.17 bits per heavy atom. The number of hydrogen-bond donors (Lipinski definition) is 2. The number of hydrogen-bond acceptors (Lipinski definition) is 4. The Hall–Kier alpha value is -2.07. The first-order valence-corrected chi connectivity index (χ1v) is 5.90. The Kier molecular flexibility index (Phi) is 4.15. The smallest absolute Gasteiger partial charge is 0.130 e. The zero-order valence-corrected chi connectivity index (χ0v) is 10.4. The van der Waals surface area contributed by atoms with Crippen LogP contribution in [0.25, 0.3) is 0 Å². The summed E-state index contributed by atoms with van der Waals surface area (Å²) in [7, 11) is 0. The number of aryl methyl sites for hydroxylation is 1. The van der Waals surface area contributed by atoms with Crippen LogP contribution in [0.1, 0.15) is 5.56 Å². The molecule has 1 heterocycles.